The molecule has 0 spiro atoms. The average molecular weight is 379 g/mol. The van der Waals surface area contributed by atoms with Crippen LogP contribution in [0.15, 0.2) is 78.9 Å². The van der Waals surface area contributed by atoms with Gasteiger partial charge in [0, 0.05) is 17.7 Å². The van der Waals surface area contributed by atoms with Gasteiger partial charge in [0.1, 0.15) is 0 Å². The van der Waals surface area contributed by atoms with Crippen LogP contribution < -0.4 is 10.6 Å². The summed E-state index contributed by atoms with van der Waals surface area (Å²) >= 11 is 6.25. The molecule has 3 aromatic rings. The van der Waals surface area contributed by atoms with Crippen molar-refractivity contribution in [3.63, 3.8) is 0 Å². The van der Waals surface area contributed by atoms with Crippen LogP contribution in [0.3, 0.4) is 0 Å². The van der Waals surface area contributed by atoms with Crippen molar-refractivity contribution < 1.29 is 9.59 Å². The topological polar surface area (TPSA) is 58.2 Å². The van der Waals surface area contributed by atoms with Crippen molar-refractivity contribution in [2.75, 3.05) is 10.6 Å². The SMILES string of the molecule is O=C(CCc1ccccc1)Nc1ccc(NC(=O)c2ccccc2)c(Cl)c1. The van der Waals surface area contributed by atoms with E-state index in [-0.39, 0.29) is 11.8 Å². The fraction of sp³-hybridized carbons (Fsp3) is 0.0909. The van der Waals surface area contributed by atoms with Crippen LogP contribution in [0.2, 0.25) is 5.02 Å². The van der Waals surface area contributed by atoms with E-state index in [4.69, 9.17) is 11.6 Å². The maximum absolute atomic E-state index is 12.2. The van der Waals surface area contributed by atoms with Crippen molar-refractivity contribution in [2.24, 2.45) is 0 Å². The molecule has 0 fully saturated rings. The number of carbonyl (C=O) groups excluding carboxylic acids is 2. The Labute approximate surface area is 163 Å². The minimum atomic E-state index is -0.239. The zero-order valence-corrected chi connectivity index (χ0v) is 15.4. The maximum Gasteiger partial charge on any atom is 0.255 e. The van der Waals surface area contributed by atoms with Crippen molar-refractivity contribution in [3.8, 4) is 0 Å². The molecule has 0 radical (unpaired) electrons. The molecule has 0 aliphatic heterocycles. The first kappa shape index (κ1) is 18.7. The van der Waals surface area contributed by atoms with E-state index >= 15 is 0 Å². The van der Waals surface area contributed by atoms with E-state index in [0.717, 1.165) is 5.56 Å². The van der Waals surface area contributed by atoms with E-state index in [9.17, 15) is 9.59 Å². The molecule has 0 heterocycles. The molecule has 0 aromatic heterocycles. The smallest absolute Gasteiger partial charge is 0.255 e. The van der Waals surface area contributed by atoms with Gasteiger partial charge in [0.15, 0.2) is 0 Å². The lowest BCUT2D eigenvalue weighted by atomic mass is 10.1. The van der Waals surface area contributed by atoms with Gasteiger partial charge < -0.3 is 10.6 Å². The highest BCUT2D eigenvalue weighted by Gasteiger charge is 2.10. The highest BCUT2D eigenvalue weighted by Crippen LogP contribution is 2.26. The minimum absolute atomic E-state index is 0.0870. The molecule has 5 heteroatoms. The normalized spacial score (nSPS) is 10.3. The molecule has 0 bridgehead atoms. The van der Waals surface area contributed by atoms with Crippen LogP contribution in [0.4, 0.5) is 11.4 Å². The van der Waals surface area contributed by atoms with E-state index in [0.29, 0.717) is 34.8 Å². The summed E-state index contributed by atoms with van der Waals surface area (Å²) in [4.78, 5) is 24.3. The fourth-order valence-electron chi connectivity index (χ4n) is 2.60. The summed E-state index contributed by atoms with van der Waals surface area (Å²) in [6, 6.07) is 23.8. The van der Waals surface area contributed by atoms with E-state index < -0.39 is 0 Å². The third-order valence-corrected chi connectivity index (χ3v) is 4.33. The Morgan fingerprint density at radius 3 is 2.15 bits per heavy atom. The molecule has 4 nitrogen and oxygen atoms in total. The van der Waals surface area contributed by atoms with Gasteiger partial charge in [-0.15, -0.1) is 0 Å². The second-order valence-corrected chi connectivity index (χ2v) is 6.46. The molecule has 2 N–H and O–H groups in total. The molecule has 0 aliphatic carbocycles. The molecule has 2 amide bonds. The van der Waals surface area contributed by atoms with Gasteiger partial charge in [-0.05, 0) is 42.3 Å². The zero-order valence-electron chi connectivity index (χ0n) is 14.6. The summed E-state index contributed by atoms with van der Waals surface area (Å²) in [7, 11) is 0. The molecular formula is C22H19ClN2O2. The number of carbonyl (C=O) groups is 2. The maximum atomic E-state index is 12.2. The molecule has 0 saturated heterocycles. The van der Waals surface area contributed by atoms with Gasteiger partial charge in [-0.1, -0.05) is 60.1 Å². The lowest BCUT2D eigenvalue weighted by molar-refractivity contribution is -0.116. The standard InChI is InChI=1S/C22H19ClN2O2/c23-19-15-18(24-21(26)14-11-16-7-3-1-4-8-16)12-13-20(19)25-22(27)17-9-5-2-6-10-17/h1-10,12-13,15H,11,14H2,(H,24,26)(H,25,27). The summed E-state index contributed by atoms with van der Waals surface area (Å²) in [5.41, 5.74) is 2.75. The molecule has 3 aromatic carbocycles. The lowest BCUT2D eigenvalue weighted by Gasteiger charge is -2.10. The van der Waals surface area contributed by atoms with Crippen molar-refractivity contribution in [1.29, 1.82) is 0 Å². The largest absolute Gasteiger partial charge is 0.326 e. The quantitative estimate of drug-likeness (QED) is 0.622. The number of halogens is 1. The first-order valence-corrected chi connectivity index (χ1v) is 8.99. The summed E-state index contributed by atoms with van der Waals surface area (Å²) in [6.07, 6.45) is 1.06. The fourth-order valence-corrected chi connectivity index (χ4v) is 2.83. The van der Waals surface area contributed by atoms with Gasteiger partial charge in [-0.2, -0.15) is 0 Å². The Bertz CT molecular complexity index is 928. The molecule has 3 rings (SSSR count). The van der Waals surface area contributed by atoms with Crippen LogP contribution in [0.1, 0.15) is 22.3 Å². The number of hydrogen-bond acceptors (Lipinski definition) is 2. The van der Waals surface area contributed by atoms with Crippen LogP contribution in [-0.2, 0) is 11.2 Å². The van der Waals surface area contributed by atoms with Gasteiger partial charge in [0.2, 0.25) is 5.91 Å². The average Bonchev–Trinajstić information content (AvgIpc) is 2.70. The number of benzene rings is 3. The van der Waals surface area contributed by atoms with Crippen LogP contribution in [0.25, 0.3) is 0 Å². The van der Waals surface area contributed by atoms with Gasteiger partial charge in [-0.3, -0.25) is 9.59 Å². The Balaban J connectivity index is 1.57. The van der Waals surface area contributed by atoms with Crippen LogP contribution in [0, 0.1) is 0 Å². The minimum Gasteiger partial charge on any atom is -0.326 e. The monoisotopic (exact) mass is 378 g/mol. The summed E-state index contributed by atoms with van der Waals surface area (Å²) in [6.45, 7) is 0. The molecule has 0 atom stereocenters. The van der Waals surface area contributed by atoms with E-state index in [1.165, 1.54) is 0 Å². The van der Waals surface area contributed by atoms with Crippen LogP contribution >= 0.6 is 11.6 Å². The number of anilines is 2. The number of aryl methyl sites for hydroxylation is 1. The zero-order chi connectivity index (χ0) is 19.1. The van der Waals surface area contributed by atoms with Crippen molar-refractivity contribution in [3.05, 3.63) is 95.0 Å². The molecule has 136 valence electrons. The van der Waals surface area contributed by atoms with Gasteiger partial charge in [0.25, 0.3) is 5.91 Å². The van der Waals surface area contributed by atoms with Crippen molar-refractivity contribution in [1.82, 2.24) is 0 Å². The predicted octanol–water partition coefficient (Wildman–Crippen LogP) is 5.16. The van der Waals surface area contributed by atoms with E-state index in [1.54, 1.807) is 42.5 Å². The highest BCUT2D eigenvalue weighted by molar-refractivity contribution is 6.34. The number of amides is 2. The van der Waals surface area contributed by atoms with Crippen LogP contribution in [0.5, 0.6) is 0 Å². The number of nitrogens with one attached hydrogen (secondary N) is 2. The molecule has 0 aliphatic rings. The Morgan fingerprint density at radius 1 is 0.815 bits per heavy atom. The Hall–Kier alpha value is -3.11. The molecule has 0 unspecified atom stereocenters. The lowest BCUT2D eigenvalue weighted by Crippen LogP contribution is -2.14. The van der Waals surface area contributed by atoms with Gasteiger partial charge >= 0.3 is 0 Å². The highest BCUT2D eigenvalue weighted by atomic mass is 35.5. The number of hydrogen-bond donors (Lipinski definition) is 2. The second kappa shape index (κ2) is 9.01. The first-order chi connectivity index (χ1) is 13.1. The van der Waals surface area contributed by atoms with Gasteiger partial charge in [-0.25, -0.2) is 0 Å². The third-order valence-electron chi connectivity index (χ3n) is 4.02. The third kappa shape index (κ3) is 5.43. The first-order valence-electron chi connectivity index (χ1n) is 8.61. The second-order valence-electron chi connectivity index (χ2n) is 6.05. The van der Waals surface area contributed by atoms with E-state index in [2.05, 4.69) is 10.6 Å². The molecular weight excluding hydrogens is 360 g/mol. The van der Waals surface area contributed by atoms with Crippen molar-refractivity contribution in [2.45, 2.75) is 12.8 Å². The molecule has 27 heavy (non-hydrogen) atoms. The predicted molar refractivity (Wildman–Crippen MR) is 109 cm³/mol. The Morgan fingerprint density at radius 2 is 1.48 bits per heavy atom. The van der Waals surface area contributed by atoms with Crippen molar-refractivity contribution >= 4 is 34.8 Å². The Kier molecular flexibility index (Phi) is 6.23. The molecule has 0 saturated carbocycles. The van der Waals surface area contributed by atoms with E-state index in [1.807, 2.05) is 36.4 Å². The van der Waals surface area contributed by atoms with Crippen LogP contribution in [-0.4, -0.2) is 11.8 Å². The summed E-state index contributed by atoms with van der Waals surface area (Å²) in [5, 5.41) is 5.96. The van der Waals surface area contributed by atoms with Gasteiger partial charge in [0.05, 0.1) is 10.7 Å². The number of rotatable bonds is 6. The summed E-state index contributed by atoms with van der Waals surface area (Å²) < 4.78 is 0. The summed E-state index contributed by atoms with van der Waals surface area (Å²) in [5.74, 6) is -0.326.